The molecule has 0 bridgehead atoms. The molecule has 3 aromatic rings. The van der Waals surface area contributed by atoms with Gasteiger partial charge in [0.1, 0.15) is 16.9 Å². The highest BCUT2D eigenvalue weighted by atomic mass is 32.2. The maximum atomic E-state index is 13.3. The predicted molar refractivity (Wildman–Crippen MR) is 116 cm³/mol. The van der Waals surface area contributed by atoms with Gasteiger partial charge in [0.15, 0.2) is 0 Å². The Labute approximate surface area is 177 Å². The standard InChI is InChI=1S/C23H19FN2O3S/c1-29-20-4-2-3-16(13-20)22(28)25-18-9-5-15(6-10-18)23-26(21(27)14-30-23)19-11-7-17(24)8-12-19/h2-13,23H,14H2,1H3,(H,25,28)/t23-/m0/s1. The highest BCUT2D eigenvalue weighted by Gasteiger charge is 2.34. The zero-order chi connectivity index (χ0) is 21.1. The van der Waals surface area contributed by atoms with Crippen LogP contribution in [-0.2, 0) is 4.79 Å². The number of carbonyl (C=O) groups excluding carboxylic acids is 2. The molecule has 1 fully saturated rings. The van der Waals surface area contributed by atoms with E-state index >= 15 is 0 Å². The number of hydrogen-bond acceptors (Lipinski definition) is 4. The molecule has 0 aromatic heterocycles. The van der Waals surface area contributed by atoms with E-state index in [-0.39, 0.29) is 23.0 Å². The van der Waals surface area contributed by atoms with Gasteiger partial charge in [-0.1, -0.05) is 18.2 Å². The van der Waals surface area contributed by atoms with E-state index in [1.165, 1.54) is 23.9 Å². The van der Waals surface area contributed by atoms with Crippen LogP contribution in [0.25, 0.3) is 0 Å². The van der Waals surface area contributed by atoms with Crippen molar-refractivity contribution in [1.29, 1.82) is 0 Å². The van der Waals surface area contributed by atoms with Crippen LogP contribution < -0.4 is 15.0 Å². The van der Waals surface area contributed by atoms with Crippen molar-refractivity contribution < 1.29 is 18.7 Å². The summed E-state index contributed by atoms with van der Waals surface area (Å²) in [6, 6.07) is 20.2. The van der Waals surface area contributed by atoms with Gasteiger partial charge in [0, 0.05) is 16.9 Å². The zero-order valence-corrected chi connectivity index (χ0v) is 17.0. The molecule has 7 heteroatoms. The number of ether oxygens (including phenoxy) is 1. The fourth-order valence-corrected chi connectivity index (χ4v) is 4.43. The van der Waals surface area contributed by atoms with E-state index in [1.807, 2.05) is 12.1 Å². The molecule has 1 N–H and O–H groups in total. The maximum Gasteiger partial charge on any atom is 0.255 e. The van der Waals surface area contributed by atoms with Crippen LogP contribution >= 0.6 is 11.8 Å². The quantitative estimate of drug-likeness (QED) is 0.638. The van der Waals surface area contributed by atoms with Crippen molar-refractivity contribution in [2.24, 2.45) is 0 Å². The summed E-state index contributed by atoms with van der Waals surface area (Å²) < 4.78 is 18.4. The predicted octanol–water partition coefficient (Wildman–Crippen LogP) is 4.87. The van der Waals surface area contributed by atoms with Crippen LogP contribution in [0.5, 0.6) is 5.75 Å². The van der Waals surface area contributed by atoms with Crippen LogP contribution in [-0.4, -0.2) is 24.7 Å². The number of thioether (sulfide) groups is 1. The first-order valence-electron chi connectivity index (χ1n) is 9.30. The number of hydrogen-bond donors (Lipinski definition) is 1. The second-order valence-corrected chi connectivity index (χ2v) is 7.78. The number of amides is 2. The molecule has 0 radical (unpaired) electrons. The SMILES string of the molecule is COc1cccc(C(=O)Nc2ccc([C@@H]3SCC(=O)N3c3ccc(F)cc3)cc2)c1. The third-order valence-electron chi connectivity index (χ3n) is 4.76. The van der Waals surface area contributed by atoms with Gasteiger partial charge in [-0.15, -0.1) is 11.8 Å². The van der Waals surface area contributed by atoms with Crippen LogP contribution in [0, 0.1) is 5.82 Å². The van der Waals surface area contributed by atoms with E-state index in [2.05, 4.69) is 5.32 Å². The number of carbonyl (C=O) groups is 2. The first-order chi connectivity index (χ1) is 14.5. The molecular weight excluding hydrogens is 403 g/mol. The Kier molecular flexibility index (Phi) is 5.72. The van der Waals surface area contributed by atoms with Gasteiger partial charge < -0.3 is 10.1 Å². The van der Waals surface area contributed by atoms with Crippen LogP contribution in [0.4, 0.5) is 15.8 Å². The van der Waals surface area contributed by atoms with Gasteiger partial charge in [-0.25, -0.2) is 4.39 Å². The average Bonchev–Trinajstić information content (AvgIpc) is 3.16. The number of rotatable bonds is 5. The molecule has 0 aliphatic carbocycles. The van der Waals surface area contributed by atoms with Crippen molar-refractivity contribution in [1.82, 2.24) is 0 Å². The van der Waals surface area contributed by atoms with Crippen LogP contribution in [0.3, 0.4) is 0 Å². The molecule has 152 valence electrons. The Morgan fingerprint density at radius 3 is 2.53 bits per heavy atom. The summed E-state index contributed by atoms with van der Waals surface area (Å²) in [5.74, 6) is 0.371. The van der Waals surface area contributed by atoms with Crippen molar-refractivity contribution in [3.05, 3.63) is 89.7 Å². The molecule has 30 heavy (non-hydrogen) atoms. The second kappa shape index (κ2) is 8.59. The summed E-state index contributed by atoms with van der Waals surface area (Å²) >= 11 is 1.51. The van der Waals surface area contributed by atoms with Crippen LogP contribution in [0.15, 0.2) is 72.8 Å². The molecule has 1 aliphatic rings. The normalized spacial score (nSPS) is 15.9. The smallest absolute Gasteiger partial charge is 0.255 e. The van der Waals surface area contributed by atoms with Crippen molar-refractivity contribution in [3.63, 3.8) is 0 Å². The Morgan fingerprint density at radius 2 is 1.83 bits per heavy atom. The minimum absolute atomic E-state index is 0.0213. The monoisotopic (exact) mass is 422 g/mol. The fraction of sp³-hybridized carbons (Fsp3) is 0.130. The second-order valence-electron chi connectivity index (χ2n) is 6.71. The molecule has 0 unspecified atom stereocenters. The average molecular weight is 422 g/mol. The molecule has 3 aromatic carbocycles. The molecule has 1 aliphatic heterocycles. The Bertz CT molecular complexity index is 1070. The zero-order valence-electron chi connectivity index (χ0n) is 16.2. The number of nitrogens with zero attached hydrogens (tertiary/aromatic N) is 1. The first kappa shape index (κ1) is 20.0. The molecule has 4 rings (SSSR count). The molecule has 1 saturated heterocycles. The van der Waals surface area contributed by atoms with Gasteiger partial charge in [0.25, 0.3) is 5.91 Å². The van der Waals surface area contributed by atoms with E-state index in [4.69, 9.17) is 4.74 Å². The lowest BCUT2D eigenvalue weighted by atomic mass is 10.1. The van der Waals surface area contributed by atoms with Crippen molar-refractivity contribution in [2.45, 2.75) is 5.37 Å². The minimum Gasteiger partial charge on any atom is -0.497 e. The third kappa shape index (κ3) is 4.16. The number of methoxy groups -OCH3 is 1. The van der Waals surface area contributed by atoms with Gasteiger partial charge >= 0.3 is 0 Å². The van der Waals surface area contributed by atoms with E-state index in [0.29, 0.717) is 28.4 Å². The van der Waals surface area contributed by atoms with Gasteiger partial charge in [0.05, 0.1) is 12.9 Å². The van der Waals surface area contributed by atoms with Gasteiger partial charge in [0.2, 0.25) is 5.91 Å². The topological polar surface area (TPSA) is 58.6 Å². The van der Waals surface area contributed by atoms with Crippen molar-refractivity contribution in [3.8, 4) is 5.75 Å². The lowest BCUT2D eigenvalue weighted by Crippen LogP contribution is -2.27. The van der Waals surface area contributed by atoms with Crippen LogP contribution in [0.1, 0.15) is 21.3 Å². The Morgan fingerprint density at radius 1 is 1.10 bits per heavy atom. The largest absolute Gasteiger partial charge is 0.497 e. The number of nitrogens with one attached hydrogen (secondary N) is 1. The summed E-state index contributed by atoms with van der Waals surface area (Å²) in [4.78, 5) is 26.6. The van der Waals surface area contributed by atoms with Crippen molar-refractivity contribution in [2.75, 3.05) is 23.1 Å². The van der Waals surface area contributed by atoms with E-state index in [9.17, 15) is 14.0 Å². The number of benzene rings is 3. The van der Waals surface area contributed by atoms with Crippen molar-refractivity contribution >= 4 is 35.0 Å². The molecule has 0 saturated carbocycles. The lowest BCUT2D eigenvalue weighted by molar-refractivity contribution is -0.115. The highest BCUT2D eigenvalue weighted by Crippen LogP contribution is 2.41. The van der Waals surface area contributed by atoms with E-state index in [0.717, 1.165) is 5.56 Å². The molecule has 5 nitrogen and oxygen atoms in total. The molecule has 1 heterocycles. The Balaban J connectivity index is 1.50. The number of anilines is 2. The molecule has 2 amide bonds. The molecule has 1 atom stereocenters. The lowest BCUT2D eigenvalue weighted by Gasteiger charge is -2.24. The van der Waals surface area contributed by atoms with Gasteiger partial charge in [-0.2, -0.15) is 0 Å². The molecule has 0 spiro atoms. The first-order valence-corrected chi connectivity index (χ1v) is 10.3. The summed E-state index contributed by atoms with van der Waals surface area (Å²) in [7, 11) is 1.55. The van der Waals surface area contributed by atoms with E-state index < -0.39 is 0 Å². The van der Waals surface area contributed by atoms with Gasteiger partial charge in [-0.05, 0) is 60.2 Å². The summed E-state index contributed by atoms with van der Waals surface area (Å²) in [5.41, 5.74) is 2.73. The third-order valence-corrected chi connectivity index (χ3v) is 5.97. The maximum absolute atomic E-state index is 13.3. The number of halogens is 1. The summed E-state index contributed by atoms with van der Waals surface area (Å²) in [6.45, 7) is 0. The molecular formula is C23H19FN2O3S. The van der Waals surface area contributed by atoms with Gasteiger partial charge in [-0.3, -0.25) is 14.5 Å². The Hall–Kier alpha value is -3.32. The minimum atomic E-state index is -0.342. The highest BCUT2D eigenvalue weighted by molar-refractivity contribution is 8.00. The summed E-state index contributed by atoms with van der Waals surface area (Å²) in [5, 5.41) is 2.66. The van der Waals surface area contributed by atoms with E-state index in [1.54, 1.807) is 60.5 Å². The van der Waals surface area contributed by atoms with Crippen LogP contribution in [0.2, 0.25) is 0 Å². The fourth-order valence-electron chi connectivity index (χ4n) is 3.25. The summed E-state index contributed by atoms with van der Waals surface area (Å²) in [6.07, 6.45) is 0.